The number of phosphoric acid groups is 1. The Labute approximate surface area is 375 Å². The third kappa shape index (κ3) is 29.3. The lowest BCUT2D eigenvalue weighted by molar-refractivity contribution is -0.220. The summed E-state index contributed by atoms with van der Waals surface area (Å²) in [5, 5.41) is 74.5. The van der Waals surface area contributed by atoms with Crippen LogP contribution in [0.4, 0.5) is 0 Å². The molecule has 0 heterocycles. The number of hydrogen-bond donors (Lipinski definition) is 9. The monoisotopic (exact) mass is 906 g/mol. The number of nitrogens with one attached hydrogen (secondary N) is 1. The van der Waals surface area contributed by atoms with Crippen LogP contribution in [0, 0.1) is 0 Å². The third-order valence-electron chi connectivity index (χ3n) is 12.0. The maximum absolute atomic E-state index is 13.0. The Kier molecular flexibility index (Phi) is 36.0. The summed E-state index contributed by atoms with van der Waals surface area (Å²) in [5.74, 6) is -0.600. The molecule has 1 fully saturated rings. The molecular formula is C48H92NO12P. The van der Waals surface area contributed by atoms with Gasteiger partial charge < -0.3 is 46.0 Å². The number of aliphatic hydroxyl groups excluding tert-OH is 7. The summed E-state index contributed by atoms with van der Waals surface area (Å²) in [6.07, 6.45) is 28.4. The van der Waals surface area contributed by atoms with Crippen LogP contribution in [-0.4, -0.2) is 108 Å². The summed E-state index contributed by atoms with van der Waals surface area (Å²) < 4.78 is 22.9. The van der Waals surface area contributed by atoms with Crippen LogP contribution in [0.15, 0.2) is 24.3 Å². The first-order valence-electron chi connectivity index (χ1n) is 24.9. The summed E-state index contributed by atoms with van der Waals surface area (Å²) in [5.41, 5.74) is 0. The van der Waals surface area contributed by atoms with E-state index in [9.17, 15) is 50.0 Å². The van der Waals surface area contributed by atoms with Crippen LogP contribution in [0.1, 0.15) is 213 Å². The van der Waals surface area contributed by atoms with Gasteiger partial charge >= 0.3 is 7.82 Å². The van der Waals surface area contributed by atoms with Crippen molar-refractivity contribution >= 4 is 13.7 Å². The number of unbranched alkanes of at least 4 members (excludes halogenated alkanes) is 26. The number of rotatable bonds is 41. The molecule has 0 aliphatic heterocycles. The fraction of sp³-hybridized carbons (Fsp3) is 0.896. The Hall–Kier alpha value is -1.22. The van der Waals surface area contributed by atoms with Crippen LogP contribution in [0.3, 0.4) is 0 Å². The van der Waals surface area contributed by atoms with Gasteiger partial charge in [-0.3, -0.25) is 13.8 Å². The first-order chi connectivity index (χ1) is 29.8. The zero-order valence-corrected chi connectivity index (χ0v) is 39.7. The van der Waals surface area contributed by atoms with E-state index in [1.165, 1.54) is 141 Å². The quantitative estimate of drug-likeness (QED) is 0.0159. The van der Waals surface area contributed by atoms with Crippen molar-refractivity contribution in [1.82, 2.24) is 5.32 Å². The fourth-order valence-electron chi connectivity index (χ4n) is 7.96. The molecule has 1 amide bonds. The Morgan fingerprint density at radius 2 is 0.952 bits per heavy atom. The summed E-state index contributed by atoms with van der Waals surface area (Å²) in [4.78, 5) is 23.5. The molecule has 0 aromatic rings. The molecule has 0 aromatic heterocycles. The van der Waals surface area contributed by atoms with Crippen molar-refractivity contribution in [1.29, 1.82) is 0 Å². The maximum Gasteiger partial charge on any atom is 0.472 e. The summed E-state index contributed by atoms with van der Waals surface area (Å²) >= 11 is 0. The number of carbonyl (C=O) groups is 1. The largest absolute Gasteiger partial charge is 0.472 e. The van der Waals surface area contributed by atoms with Gasteiger partial charge in [-0.15, -0.1) is 0 Å². The molecule has 366 valence electrons. The molecule has 0 aromatic carbocycles. The minimum Gasteiger partial charge on any atom is -0.393 e. The minimum atomic E-state index is -5.15. The van der Waals surface area contributed by atoms with E-state index in [2.05, 4.69) is 31.3 Å². The normalized spacial score (nSPS) is 23.2. The van der Waals surface area contributed by atoms with Gasteiger partial charge in [-0.2, -0.15) is 0 Å². The van der Waals surface area contributed by atoms with Gasteiger partial charge in [0.1, 0.15) is 36.6 Å². The Balaban J connectivity index is 2.52. The lowest BCUT2D eigenvalue weighted by Gasteiger charge is -2.41. The molecule has 62 heavy (non-hydrogen) atoms. The van der Waals surface area contributed by atoms with E-state index >= 15 is 0 Å². The molecule has 0 spiro atoms. The van der Waals surface area contributed by atoms with Crippen molar-refractivity contribution in [3.8, 4) is 0 Å². The number of aliphatic hydroxyl groups is 7. The van der Waals surface area contributed by atoms with Crippen molar-refractivity contribution in [3.63, 3.8) is 0 Å². The molecule has 0 bridgehead atoms. The van der Waals surface area contributed by atoms with Crippen LogP contribution in [0.5, 0.6) is 0 Å². The SMILES string of the molecule is CCCCCCCCCCC/C=C/CC/C=C/C(O)C(COP(=O)(O)OC1C(O)C(O)C(O)C(O)C1O)NC(=O)CC(O)CCCCCCCCCCCCCCCCCCC. The maximum atomic E-state index is 13.0. The highest BCUT2D eigenvalue weighted by Gasteiger charge is 2.51. The van der Waals surface area contributed by atoms with Crippen LogP contribution in [0.25, 0.3) is 0 Å². The van der Waals surface area contributed by atoms with Crippen LogP contribution in [0.2, 0.25) is 0 Å². The number of carbonyl (C=O) groups excluding carboxylic acids is 1. The van der Waals surface area contributed by atoms with E-state index in [1.807, 2.05) is 0 Å². The molecule has 9 N–H and O–H groups in total. The van der Waals surface area contributed by atoms with Crippen LogP contribution >= 0.6 is 7.82 Å². The molecule has 1 rings (SSSR count). The van der Waals surface area contributed by atoms with Gasteiger partial charge in [-0.25, -0.2) is 4.57 Å². The predicted molar refractivity (Wildman–Crippen MR) is 247 cm³/mol. The van der Waals surface area contributed by atoms with Gasteiger partial charge in [0.25, 0.3) is 0 Å². The van der Waals surface area contributed by atoms with Gasteiger partial charge in [-0.1, -0.05) is 199 Å². The molecule has 8 unspecified atom stereocenters. The smallest absolute Gasteiger partial charge is 0.393 e. The van der Waals surface area contributed by atoms with Gasteiger partial charge in [0, 0.05) is 0 Å². The van der Waals surface area contributed by atoms with Crippen molar-refractivity contribution in [2.75, 3.05) is 6.61 Å². The number of amides is 1. The van der Waals surface area contributed by atoms with Crippen LogP contribution in [-0.2, 0) is 18.4 Å². The third-order valence-corrected chi connectivity index (χ3v) is 13.0. The molecule has 0 radical (unpaired) electrons. The molecule has 1 aliphatic carbocycles. The molecule has 1 saturated carbocycles. The topological polar surface area (TPSA) is 226 Å². The van der Waals surface area contributed by atoms with Crippen molar-refractivity contribution in [2.24, 2.45) is 0 Å². The van der Waals surface area contributed by atoms with Crippen molar-refractivity contribution in [3.05, 3.63) is 24.3 Å². The Bertz CT molecular complexity index is 1160. The van der Waals surface area contributed by atoms with E-state index < -0.39 is 75.2 Å². The molecule has 8 atom stereocenters. The lowest BCUT2D eigenvalue weighted by Crippen LogP contribution is -2.64. The highest BCUT2D eigenvalue weighted by Crippen LogP contribution is 2.47. The Morgan fingerprint density at radius 1 is 0.565 bits per heavy atom. The molecule has 13 nitrogen and oxygen atoms in total. The molecule has 0 saturated heterocycles. The van der Waals surface area contributed by atoms with E-state index in [1.54, 1.807) is 6.08 Å². The first kappa shape index (κ1) is 58.8. The highest BCUT2D eigenvalue weighted by atomic mass is 31.2. The first-order valence-corrected chi connectivity index (χ1v) is 26.4. The molecular weight excluding hydrogens is 813 g/mol. The average Bonchev–Trinajstić information content (AvgIpc) is 3.24. The van der Waals surface area contributed by atoms with E-state index in [-0.39, 0.29) is 6.42 Å². The van der Waals surface area contributed by atoms with E-state index in [4.69, 9.17) is 9.05 Å². The number of allylic oxidation sites excluding steroid dienone is 3. The minimum absolute atomic E-state index is 0.249. The highest BCUT2D eigenvalue weighted by molar-refractivity contribution is 7.47. The number of phosphoric ester groups is 1. The second kappa shape index (κ2) is 37.9. The van der Waals surface area contributed by atoms with E-state index in [0.29, 0.717) is 12.8 Å². The van der Waals surface area contributed by atoms with Gasteiger partial charge in [-0.05, 0) is 32.1 Å². The molecule has 1 aliphatic rings. The zero-order chi connectivity index (χ0) is 45.9. The van der Waals surface area contributed by atoms with E-state index in [0.717, 1.165) is 44.9 Å². The fourth-order valence-corrected chi connectivity index (χ4v) is 8.93. The number of hydrogen-bond acceptors (Lipinski definition) is 11. The van der Waals surface area contributed by atoms with Gasteiger partial charge in [0.2, 0.25) is 5.91 Å². The van der Waals surface area contributed by atoms with Crippen molar-refractivity contribution < 1.29 is 59.0 Å². The molecule has 14 heteroatoms. The average molecular weight is 906 g/mol. The predicted octanol–water partition coefficient (Wildman–Crippen LogP) is 8.76. The summed E-state index contributed by atoms with van der Waals surface area (Å²) in [6, 6.07) is -1.25. The lowest BCUT2D eigenvalue weighted by atomic mass is 9.85. The standard InChI is InChI=1S/C48H92NO12P/c1-3-5-7-9-11-13-15-17-19-20-22-23-25-27-29-31-33-35-39(50)37-42(52)49-40(38-60-62(58,59)61-48-46(56)44(54)43(53)45(55)47(48)57)41(51)36-34-32-30-28-26-24-21-18-16-14-12-10-8-6-4-2/h26,28,34,36,39-41,43-48,50-51,53-57H,3-25,27,29-33,35,37-38H2,1-2H3,(H,49,52)(H,58,59)/b28-26+,36-34+. The summed E-state index contributed by atoms with van der Waals surface area (Å²) in [6.45, 7) is 3.74. The zero-order valence-electron chi connectivity index (χ0n) is 38.8. The van der Waals surface area contributed by atoms with Gasteiger partial charge in [0.15, 0.2) is 0 Å². The van der Waals surface area contributed by atoms with Gasteiger partial charge in [0.05, 0.1) is 31.3 Å². The second-order valence-electron chi connectivity index (χ2n) is 17.8. The van der Waals surface area contributed by atoms with Crippen molar-refractivity contribution in [2.45, 2.75) is 268 Å². The van der Waals surface area contributed by atoms with Crippen LogP contribution < -0.4 is 5.32 Å². The Morgan fingerprint density at radius 3 is 1.42 bits per heavy atom. The summed E-state index contributed by atoms with van der Waals surface area (Å²) in [7, 11) is -5.15. The second-order valence-corrected chi connectivity index (χ2v) is 19.3.